The Bertz CT molecular complexity index is 433. The fraction of sp³-hybridized carbons (Fsp3) is 0.462. The van der Waals surface area contributed by atoms with E-state index in [0.29, 0.717) is 18.4 Å². The van der Waals surface area contributed by atoms with Crippen LogP contribution in [-0.4, -0.2) is 11.1 Å². The van der Waals surface area contributed by atoms with Gasteiger partial charge in [0.25, 0.3) is 0 Å². The first kappa shape index (κ1) is 12.4. The van der Waals surface area contributed by atoms with Gasteiger partial charge in [-0.2, -0.15) is 0 Å². The van der Waals surface area contributed by atoms with Crippen LogP contribution in [0.15, 0.2) is 18.2 Å². The number of rotatable bonds is 3. The predicted octanol–water partition coefficient (Wildman–Crippen LogP) is 3.52. The lowest BCUT2D eigenvalue weighted by molar-refractivity contribution is -0.142. The first-order valence-electron chi connectivity index (χ1n) is 5.75. The van der Waals surface area contributed by atoms with Gasteiger partial charge in [-0.15, -0.1) is 0 Å². The van der Waals surface area contributed by atoms with Gasteiger partial charge in [0.1, 0.15) is 5.82 Å². The van der Waals surface area contributed by atoms with E-state index in [4.69, 9.17) is 16.7 Å². The molecule has 17 heavy (non-hydrogen) atoms. The molecule has 2 rings (SSSR count). The van der Waals surface area contributed by atoms with Crippen molar-refractivity contribution in [3.63, 3.8) is 0 Å². The Morgan fingerprint density at radius 2 is 2.24 bits per heavy atom. The van der Waals surface area contributed by atoms with Crippen LogP contribution in [0.2, 0.25) is 5.02 Å². The fourth-order valence-corrected chi connectivity index (χ4v) is 2.79. The van der Waals surface area contributed by atoms with Crippen LogP contribution >= 0.6 is 11.6 Å². The van der Waals surface area contributed by atoms with Crippen molar-refractivity contribution >= 4 is 17.6 Å². The van der Waals surface area contributed by atoms with Gasteiger partial charge < -0.3 is 5.11 Å². The van der Waals surface area contributed by atoms with Crippen LogP contribution in [-0.2, 0) is 11.2 Å². The minimum absolute atomic E-state index is 0.0282. The highest BCUT2D eigenvalue weighted by atomic mass is 35.5. The molecule has 0 aliphatic heterocycles. The molecular formula is C13H14ClFO2. The van der Waals surface area contributed by atoms with Crippen molar-refractivity contribution in [1.29, 1.82) is 0 Å². The molecule has 92 valence electrons. The van der Waals surface area contributed by atoms with Gasteiger partial charge in [0.05, 0.1) is 10.9 Å². The van der Waals surface area contributed by atoms with E-state index in [9.17, 15) is 9.18 Å². The maximum absolute atomic E-state index is 13.7. The zero-order chi connectivity index (χ0) is 12.4. The van der Waals surface area contributed by atoms with E-state index in [2.05, 4.69) is 0 Å². The van der Waals surface area contributed by atoms with Crippen molar-refractivity contribution in [3.8, 4) is 0 Å². The second-order valence-corrected chi connectivity index (χ2v) is 4.96. The van der Waals surface area contributed by atoms with Crippen LogP contribution < -0.4 is 0 Å². The van der Waals surface area contributed by atoms with Crippen molar-refractivity contribution in [3.05, 3.63) is 34.6 Å². The molecule has 0 heterocycles. The Kier molecular flexibility index (Phi) is 3.67. The fourth-order valence-electron chi connectivity index (χ4n) is 2.59. The summed E-state index contributed by atoms with van der Waals surface area (Å²) in [6, 6.07) is 4.88. The number of hydrogen-bond acceptors (Lipinski definition) is 1. The van der Waals surface area contributed by atoms with Crippen molar-refractivity contribution in [2.45, 2.75) is 25.7 Å². The van der Waals surface area contributed by atoms with Gasteiger partial charge in [-0.25, -0.2) is 4.39 Å². The maximum Gasteiger partial charge on any atom is 0.306 e. The molecule has 1 aromatic carbocycles. The van der Waals surface area contributed by atoms with E-state index in [1.165, 1.54) is 6.07 Å². The maximum atomic E-state index is 13.7. The lowest BCUT2D eigenvalue weighted by Crippen LogP contribution is -2.20. The van der Waals surface area contributed by atoms with Crippen LogP contribution in [0.1, 0.15) is 24.8 Å². The third-order valence-corrected chi connectivity index (χ3v) is 3.78. The van der Waals surface area contributed by atoms with Gasteiger partial charge in [0.2, 0.25) is 0 Å². The standard InChI is InChI=1S/C13H14ClFO2/c14-11-6-2-4-9(12(11)15)7-8-3-1-5-10(8)13(16)17/h2,4,6,8,10H,1,3,5,7H2,(H,16,17). The molecule has 1 aliphatic carbocycles. The monoisotopic (exact) mass is 256 g/mol. The molecule has 1 saturated carbocycles. The third-order valence-electron chi connectivity index (χ3n) is 3.49. The van der Waals surface area contributed by atoms with Gasteiger partial charge >= 0.3 is 5.97 Å². The SMILES string of the molecule is O=C(O)C1CCCC1Cc1cccc(Cl)c1F. The highest BCUT2D eigenvalue weighted by Gasteiger charge is 2.33. The number of carboxylic acids is 1. The second-order valence-electron chi connectivity index (χ2n) is 4.55. The minimum atomic E-state index is -0.769. The highest BCUT2D eigenvalue weighted by molar-refractivity contribution is 6.30. The first-order chi connectivity index (χ1) is 8.09. The molecule has 0 amide bonds. The van der Waals surface area contributed by atoms with Gasteiger partial charge in [-0.1, -0.05) is 30.2 Å². The molecule has 1 aromatic rings. The highest BCUT2D eigenvalue weighted by Crippen LogP contribution is 2.35. The van der Waals surface area contributed by atoms with Crippen LogP contribution in [0.25, 0.3) is 0 Å². The van der Waals surface area contributed by atoms with Crippen LogP contribution in [0.3, 0.4) is 0 Å². The molecule has 2 atom stereocenters. The second kappa shape index (κ2) is 5.05. The summed E-state index contributed by atoms with van der Waals surface area (Å²) in [4.78, 5) is 11.0. The largest absolute Gasteiger partial charge is 0.481 e. The summed E-state index contributed by atoms with van der Waals surface area (Å²) in [5.74, 6) is -1.49. The molecule has 0 aromatic heterocycles. The van der Waals surface area contributed by atoms with E-state index < -0.39 is 11.8 Å². The van der Waals surface area contributed by atoms with E-state index >= 15 is 0 Å². The normalized spacial score (nSPS) is 23.9. The minimum Gasteiger partial charge on any atom is -0.481 e. The van der Waals surface area contributed by atoms with Crippen LogP contribution in [0.5, 0.6) is 0 Å². The number of hydrogen-bond donors (Lipinski definition) is 1. The van der Waals surface area contributed by atoms with Crippen LogP contribution in [0.4, 0.5) is 4.39 Å². The average Bonchev–Trinajstić information content (AvgIpc) is 2.73. The Balaban J connectivity index is 2.15. The summed E-state index contributed by atoms with van der Waals surface area (Å²) in [7, 11) is 0. The Morgan fingerprint density at radius 3 is 2.94 bits per heavy atom. The Morgan fingerprint density at radius 1 is 1.47 bits per heavy atom. The van der Waals surface area contributed by atoms with Crippen molar-refractivity contribution < 1.29 is 14.3 Å². The van der Waals surface area contributed by atoms with Crippen molar-refractivity contribution in [2.24, 2.45) is 11.8 Å². The lowest BCUT2D eigenvalue weighted by Gasteiger charge is -2.16. The Hall–Kier alpha value is -1.09. The molecule has 0 bridgehead atoms. The molecule has 4 heteroatoms. The molecule has 0 radical (unpaired) electrons. The lowest BCUT2D eigenvalue weighted by atomic mass is 9.89. The summed E-state index contributed by atoms with van der Waals surface area (Å²) >= 11 is 5.71. The van der Waals surface area contributed by atoms with Gasteiger partial charge in [-0.05, 0) is 36.8 Å². The Labute approximate surface area is 104 Å². The summed E-state index contributed by atoms with van der Waals surface area (Å²) in [5.41, 5.74) is 0.524. The van der Waals surface area contributed by atoms with Crippen molar-refractivity contribution in [2.75, 3.05) is 0 Å². The molecule has 0 spiro atoms. The van der Waals surface area contributed by atoms with E-state index in [1.807, 2.05) is 0 Å². The molecule has 2 nitrogen and oxygen atoms in total. The van der Waals surface area contributed by atoms with E-state index in [0.717, 1.165) is 12.8 Å². The predicted molar refractivity (Wildman–Crippen MR) is 63.6 cm³/mol. The van der Waals surface area contributed by atoms with Gasteiger partial charge in [0, 0.05) is 0 Å². The molecule has 1 aliphatic rings. The molecule has 1 fully saturated rings. The number of aliphatic carboxylic acids is 1. The number of carbonyl (C=O) groups is 1. The smallest absolute Gasteiger partial charge is 0.306 e. The topological polar surface area (TPSA) is 37.3 Å². The zero-order valence-corrected chi connectivity index (χ0v) is 10.1. The molecular weight excluding hydrogens is 243 g/mol. The first-order valence-corrected chi connectivity index (χ1v) is 6.13. The van der Waals surface area contributed by atoms with Gasteiger partial charge in [0.15, 0.2) is 0 Å². The van der Waals surface area contributed by atoms with Crippen LogP contribution in [0, 0.1) is 17.7 Å². The number of benzene rings is 1. The summed E-state index contributed by atoms with van der Waals surface area (Å²) in [5, 5.41) is 9.17. The van der Waals surface area contributed by atoms with E-state index in [1.54, 1.807) is 12.1 Å². The number of carboxylic acid groups (broad SMARTS) is 1. The quantitative estimate of drug-likeness (QED) is 0.898. The summed E-state index contributed by atoms with van der Waals surface area (Å²) in [6.07, 6.45) is 2.91. The van der Waals surface area contributed by atoms with E-state index in [-0.39, 0.29) is 16.9 Å². The van der Waals surface area contributed by atoms with Crippen molar-refractivity contribution in [1.82, 2.24) is 0 Å². The van der Waals surface area contributed by atoms with Gasteiger partial charge in [-0.3, -0.25) is 4.79 Å². The molecule has 1 N–H and O–H groups in total. The summed E-state index contributed by atoms with van der Waals surface area (Å²) < 4.78 is 13.7. The average molecular weight is 257 g/mol. The number of halogens is 2. The molecule has 0 saturated heterocycles. The zero-order valence-electron chi connectivity index (χ0n) is 9.33. The third kappa shape index (κ3) is 2.60. The summed E-state index contributed by atoms with van der Waals surface area (Å²) in [6.45, 7) is 0. The molecule has 2 unspecified atom stereocenters.